The zero-order valence-electron chi connectivity index (χ0n) is 28.5. The van der Waals surface area contributed by atoms with Gasteiger partial charge in [0.2, 0.25) is 0 Å². The van der Waals surface area contributed by atoms with Crippen LogP contribution in [-0.2, 0) is 6.42 Å². The summed E-state index contributed by atoms with van der Waals surface area (Å²) in [4.78, 5) is 7.18. The van der Waals surface area contributed by atoms with Crippen molar-refractivity contribution in [3.63, 3.8) is 0 Å². The van der Waals surface area contributed by atoms with Gasteiger partial charge in [0.25, 0.3) is 0 Å². The molecule has 3 heteroatoms. The number of nitrogens with zero attached hydrogens (tertiary/aromatic N) is 2. The third-order valence-electron chi connectivity index (χ3n) is 10.4. The van der Waals surface area contributed by atoms with Crippen LogP contribution in [0.25, 0.3) is 72.3 Å². The van der Waals surface area contributed by atoms with Crippen molar-refractivity contribution < 1.29 is 4.42 Å². The second-order valence-electron chi connectivity index (χ2n) is 13.5. The van der Waals surface area contributed by atoms with E-state index in [4.69, 9.17) is 9.40 Å². The van der Waals surface area contributed by atoms with Gasteiger partial charge in [0.1, 0.15) is 11.1 Å². The lowest BCUT2D eigenvalue weighted by molar-refractivity contribution is 0.672. The Bertz CT molecular complexity index is 2790. The number of aromatic nitrogens is 1. The lowest BCUT2D eigenvalue weighted by Crippen LogP contribution is -2.10. The summed E-state index contributed by atoms with van der Waals surface area (Å²) < 4.78 is 6.84. The van der Waals surface area contributed by atoms with Gasteiger partial charge >= 0.3 is 0 Å². The first-order valence-corrected chi connectivity index (χ1v) is 17.9. The lowest BCUT2D eigenvalue weighted by Gasteiger charge is -2.26. The van der Waals surface area contributed by atoms with Crippen LogP contribution in [0.5, 0.6) is 0 Å². The van der Waals surface area contributed by atoms with Crippen molar-refractivity contribution in [1.29, 1.82) is 0 Å². The van der Waals surface area contributed by atoms with E-state index in [1.807, 2.05) is 6.20 Å². The Morgan fingerprint density at radius 2 is 1.21 bits per heavy atom. The molecule has 0 aliphatic heterocycles. The molecule has 0 saturated heterocycles. The predicted octanol–water partition coefficient (Wildman–Crippen LogP) is 13.6. The number of aryl methyl sites for hydroxylation is 1. The SMILES string of the molecule is C1=Cc2c(cccc2-c2ccc(-c3cccc(N(c4cccc(-c5ccccc5)c4)c4ccnc5c4oc4c6ccccc6ccc54)c3)cc2)CC1. The molecule has 0 saturated carbocycles. The van der Waals surface area contributed by atoms with E-state index in [9.17, 15) is 0 Å². The van der Waals surface area contributed by atoms with Crippen molar-refractivity contribution in [2.24, 2.45) is 0 Å². The molecule has 246 valence electrons. The number of allylic oxidation sites excluding steroid dienone is 1. The first-order chi connectivity index (χ1) is 25.8. The van der Waals surface area contributed by atoms with Gasteiger partial charge in [-0.15, -0.1) is 0 Å². The van der Waals surface area contributed by atoms with E-state index < -0.39 is 0 Å². The number of rotatable bonds is 6. The number of fused-ring (bicyclic) bond motifs is 6. The zero-order valence-corrected chi connectivity index (χ0v) is 28.5. The van der Waals surface area contributed by atoms with Crippen LogP contribution in [0, 0.1) is 0 Å². The van der Waals surface area contributed by atoms with Crippen LogP contribution in [0.4, 0.5) is 17.1 Å². The van der Waals surface area contributed by atoms with Gasteiger partial charge in [0, 0.05) is 28.3 Å². The van der Waals surface area contributed by atoms with E-state index in [0.717, 1.165) is 73.9 Å². The number of furan rings is 1. The highest BCUT2D eigenvalue weighted by molar-refractivity contribution is 6.16. The van der Waals surface area contributed by atoms with Gasteiger partial charge in [-0.05, 0) is 99.1 Å². The molecule has 52 heavy (non-hydrogen) atoms. The van der Waals surface area contributed by atoms with Gasteiger partial charge in [-0.1, -0.05) is 140 Å². The van der Waals surface area contributed by atoms with Crippen LogP contribution in [-0.4, -0.2) is 4.98 Å². The highest BCUT2D eigenvalue weighted by Crippen LogP contribution is 2.44. The van der Waals surface area contributed by atoms with Crippen LogP contribution in [0.1, 0.15) is 17.5 Å². The molecule has 0 fully saturated rings. The fourth-order valence-electron chi connectivity index (χ4n) is 7.82. The van der Waals surface area contributed by atoms with Crippen LogP contribution < -0.4 is 4.90 Å². The molecule has 3 nitrogen and oxygen atoms in total. The average molecular weight is 667 g/mol. The zero-order chi connectivity index (χ0) is 34.4. The van der Waals surface area contributed by atoms with Crippen molar-refractivity contribution >= 4 is 56.0 Å². The summed E-state index contributed by atoms with van der Waals surface area (Å²) in [5, 5.41) is 3.24. The Kier molecular flexibility index (Phi) is 7.28. The summed E-state index contributed by atoms with van der Waals surface area (Å²) in [6, 6.07) is 58.5. The lowest BCUT2D eigenvalue weighted by atomic mass is 9.89. The standard InChI is InChI=1S/C49H34N2O/c1-2-11-33(12-3-1)38-16-8-18-40(31-38)51(46-29-30-50-47-45-28-27-36-14-5-7-21-44(36)48(45)52-49(46)47)41-19-9-17-39(32-41)34-23-25-37(26-24-34)43-22-10-15-35-13-4-6-20-42(35)43/h1-3,5-12,14-32H,4,13H2. The van der Waals surface area contributed by atoms with Gasteiger partial charge in [-0.3, -0.25) is 4.98 Å². The van der Waals surface area contributed by atoms with Crippen molar-refractivity contribution in [3.8, 4) is 33.4 Å². The van der Waals surface area contributed by atoms with E-state index in [0.29, 0.717) is 0 Å². The van der Waals surface area contributed by atoms with Crippen LogP contribution in [0.3, 0.4) is 0 Å². The highest BCUT2D eigenvalue weighted by atomic mass is 16.3. The van der Waals surface area contributed by atoms with Gasteiger partial charge in [-0.2, -0.15) is 0 Å². The Morgan fingerprint density at radius 3 is 2.02 bits per heavy atom. The van der Waals surface area contributed by atoms with Gasteiger partial charge in [0.15, 0.2) is 5.58 Å². The molecule has 0 radical (unpaired) electrons. The maximum atomic E-state index is 6.84. The van der Waals surface area contributed by atoms with Gasteiger partial charge in [0.05, 0.1) is 5.69 Å². The van der Waals surface area contributed by atoms with Crippen molar-refractivity contribution in [3.05, 3.63) is 187 Å². The molecule has 2 heterocycles. The molecular formula is C49H34N2O. The molecule has 1 aliphatic carbocycles. The molecule has 1 aliphatic rings. The molecule has 0 atom stereocenters. The van der Waals surface area contributed by atoms with Crippen molar-refractivity contribution in [2.75, 3.05) is 4.90 Å². The molecule has 7 aromatic carbocycles. The monoisotopic (exact) mass is 666 g/mol. The topological polar surface area (TPSA) is 29.3 Å². The molecular weight excluding hydrogens is 633 g/mol. The van der Waals surface area contributed by atoms with Gasteiger partial charge in [-0.25, -0.2) is 0 Å². The molecule has 9 aromatic rings. The number of anilines is 3. The maximum absolute atomic E-state index is 6.84. The predicted molar refractivity (Wildman–Crippen MR) is 217 cm³/mol. The minimum absolute atomic E-state index is 0.758. The van der Waals surface area contributed by atoms with E-state index in [-0.39, 0.29) is 0 Å². The van der Waals surface area contributed by atoms with E-state index in [2.05, 4.69) is 181 Å². The summed E-state index contributed by atoms with van der Waals surface area (Å²) in [5.74, 6) is 0. The molecule has 0 bridgehead atoms. The highest BCUT2D eigenvalue weighted by Gasteiger charge is 2.22. The Morgan fingerprint density at radius 1 is 0.519 bits per heavy atom. The number of hydrogen-bond donors (Lipinski definition) is 0. The second kappa shape index (κ2) is 12.6. The average Bonchev–Trinajstić information content (AvgIpc) is 3.62. The third kappa shape index (κ3) is 5.18. The molecule has 0 amide bonds. The Balaban J connectivity index is 1.12. The fraction of sp³-hybridized carbons (Fsp3) is 0.0408. The fourth-order valence-corrected chi connectivity index (χ4v) is 7.82. The molecule has 2 aromatic heterocycles. The normalized spacial score (nSPS) is 12.4. The summed E-state index contributed by atoms with van der Waals surface area (Å²) in [6.07, 6.45) is 8.68. The van der Waals surface area contributed by atoms with Gasteiger partial charge < -0.3 is 9.32 Å². The summed E-state index contributed by atoms with van der Waals surface area (Å²) >= 11 is 0. The number of hydrogen-bond acceptors (Lipinski definition) is 3. The summed E-state index contributed by atoms with van der Waals surface area (Å²) in [7, 11) is 0. The maximum Gasteiger partial charge on any atom is 0.177 e. The van der Waals surface area contributed by atoms with Crippen LogP contribution >= 0.6 is 0 Å². The first-order valence-electron chi connectivity index (χ1n) is 17.9. The first kappa shape index (κ1) is 30.1. The van der Waals surface area contributed by atoms with E-state index >= 15 is 0 Å². The smallest absolute Gasteiger partial charge is 0.177 e. The summed E-state index contributed by atoms with van der Waals surface area (Å²) in [5.41, 5.74) is 15.4. The molecule has 0 spiro atoms. The minimum Gasteiger partial charge on any atom is -0.451 e. The molecule has 0 unspecified atom stereocenters. The largest absolute Gasteiger partial charge is 0.451 e. The van der Waals surface area contributed by atoms with Crippen LogP contribution in [0.15, 0.2) is 180 Å². The molecule has 0 N–H and O–H groups in total. The molecule has 10 rings (SSSR count). The van der Waals surface area contributed by atoms with E-state index in [1.165, 1.54) is 33.4 Å². The summed E-state index contributed by atoms with van der Waals surface area (Å²) in [6.45, 7) is 0. The Hall–Kier alpha value is -6.71. The number of benzene rings is 7. The quantitative estimate of drug-likeness (QED) is 0.177. The van der Waals surface area contributed by atoms with Crippen LogP contribution in [0.2, 0.25) is 0 Å². The third-order valence-corrected chi connectivity index (χ3v) is 10.4. The Labute approximate surface area is 302 Å². The minimum atomic E-state index is 0.758. The van der Waals surface area contributed by atoms with E-state index in [1.54, 1.807) is 0 Å². The number of pyridine rings is 1. The second-order valence-corrected chi connectivity index (χ2v) is 13.5. The van der Waals surface area contributed by atoms with Crippen molar-refractivity contribution in [1.82, 2.24) is 4.98 Å². The van der Waals surface area contributed by atoms with Crippen molar-refractivity contribution in [2.45, 2.75) is 12.8 Å².